The third-order valence-corrected chi connectivity index (χ3v) is 5.99. The van der Waals surface area contributed by atoms with Gasteiger partial charge < -0.3 is 19.0 Å². The molecule has 0 N–H and O–H groups in total. The van der Waals surface area contributed by atoms with Crippen molar-refractivity contribution in [2.45, 2.75) is 32.1 Å². The number of morpholine rings is 1. The van der Waals surface area contributed by atoms with Crippen molar-refractivity contribution >= 4 is 17.9 Å². The Labute approximate surface area is 160 Å². The molecule has 6 heteroatoms. The summed E-state index contributed by atoms with van der Waals surface area (Å²) in [6, 6.07) is 3.94. The highest BCUT2D eigenvalue weighted by molar-refractivity contribution is 5.91. The number of likely N-dealkylation sites (tertiary alicyclic amines) is 1. The van der Waals surface area contributed by atoms with E-state index in [1.165, 1.54) is 6.42 Å². The Morgan fingerprint density at radius 1 is 1.07 bits per heavy atom. The predicted octanol–water partition coefficient (Wildman–Crippen LogP) is 2.51. The highest BCUT2D eigenvalue weighted by Gasteiger charge is 2.36. The Hall–Kier alpha value is -2.08. The number of hydrogen-bond donors (Lipinski definition) is 0. The van der Waals surface area contributed by atoms with E-state index in [0.717, 1.165) is 24.4 Å². The van der Waals surface area contributed by atoms with Crippen LogP contribution in [-0.4, -0.2) is 61.0 Å². The zero-order chi connectivity index (χ0) is 18.8. The number of rotatable bonds is 4. The van der Waals surface area contributed by atoms with Crippen molar-refractivity contribution in [1.82, 2.24) is 9.80 Å². The minimum atomic E-state index is -0.00925. The Kier molecular flexibility index (Phi) is 5.34. The molecule has 1 aromatic rings. The minimum Gasteiger partial charge on any atom is -0.461 e. The summed E-state index contributed by atoms with van der Waals surface area (Å²) in [5, 5.41) is 0. The first kappa shape index (κ1) is 18.3. The van der Waals surface area contributed by atoms with Crippen LogP contribution in [0.15, 0.2) is 22.6 Å². The molecule has 0 bridgehead atoms. The SMILES string of the molecule is CC1CC1c1ccc(/C=C/C(=O)N2CCC(C(=O)N3CCOCC3)CC2)o1. The average molecular weight is 372 g/mol. The summed E-state index contributed by atoms with van der Waals surface area (Å²) >= 11 is 0. The van der Waals surface area contributed by atoms with Gasteiger partial charge in [0.15, 0.2) is 0 Å². The van der Waals surface area contributed by atoms with Crippen molar-refractivity contribution < 1.29 is 18.7 Å². The van der Waals surface area contributed by atoms with E-state index in [9.17, 15) is 9.59 Å². The van der Waals surface area contributed by atoms with Crippen LogP contribution in [0.25, 0.3) is 6.08 Å². The summed E-state index contributed by atoms with van der Waals surface area (Å²) in [4.78, 5) is 28.7. The molecule has 0 aromatic carbocycles. The maximum absolute atomic E-state index is 12.6. The molecule has 2 atom stereocenters. The van der Waals surface area contributed by atoms with Crippen LogP contribution in [0.1, 0.15) is 43.6 Å². The molecule has 1 aliphatic carbocycles. The van der Waals surface area contributed by atoms with Crippen LogP contribution < -0.4 is 0 Å². The number of carbonyl (C=O) groups excluding carboxylic acids is 2. The molecule has 3 heterocycles. The van der Waals surface area contributed by atoms with Gasteiger partial charge in [-0.2, -0.15) is 0 Å². The van der Waals surface area contributed by atoms with Crippen LogP contribution in [0.5, 0.6) is 0 Å². The van der Waals surface area contributed by atoms with Crippen LogP contribution >= 0.6 is 0 Å². The van der Waals surface area contributed by atoms with Gasteiger partial charge in [0.2, 0.25) is 11.8 Å². The van der Waals surface area contributed by atoms with Crippen molar-refractivity contribution in [1.29, 1.82) is 0 Å². The van der Waals surface area contributed by atoms with Crippen molar-refractivity contribution in [3.8, 4) is 0 Å². The van der Waals surface area contributed by atoms with Crippen molar-refractivity contribution in [2.75, 3.05) is 39.4 Å². The highest BCUT2D eigenvalue weighted by Crippen LogP contribution is 2.47. The Morgan fingerprint density at radius 2 is 1.78 bits per heavy atom. The lowest BCUT2D eigenvalue weighted by Crippen LogP contribution is -2.47. The highest BCUT2D eigenvalue weighted by atomic mass is 16.5. The molecule has 146 valence electrons. The largest absolute Gasteiger partial charge is 0.461 e. The quantitative estimate of drug-likeness (QED) is 0.762. The first-order valence-electron chi connectivity index (χ1n) is 10.0. The van der Waals surface area contributed by atoms with Crippen LogP contribution in [0.4, 0.5) is 0 Å². The molecule has 27 heavy (non-hydrogen) atoms. The minimum absolute atomic E-state index is 0.00925. The summed E-state index contributed by atoms with van der Waals surface area (Å²) in [5.41, 5.74) is 0. The van der Waals surface area contributed by atoms with Crippen LogP contribution in [0.3, 0.4) is 0 Å². The maximum atomic E-state index is 12.6. The van der Waals surface area contributed by atoms with Gasteiger partial charge in [-0.1, -0.05) is 6.92 Å². The second-order valence-corrected chi connectivity index (χ2v) is 7.93. The van der Waals surface area contributed by atoms with Gasteiger partial charge in [-0.25, -0.2) is 0 Å². The topological polar surface area (TPSA) is 63.0 Å². The lowest BCUT2D eigenvalue weighted by atomic mass is 9.95. The van der Waals surface area contributed by atoms with Crippen LogP contribution in [0, 0.1) is 11.8 Å². The fourth-order valence-corrected chi connectivity index (χ4v) is 4.02. The Bertz CT molecular complexity index is 712. The predicted molar refractivity (Wildman–Crippen MR) is 101 cm³/mol. The summed E-state index contributed by atoms with van der Waals surface area (Å²) in [5.74, 6) is 3.25. The van der Waals surface area contributed by atoms with E-state index in [-0.39, 0.29) is 17.7 Å². The molecular weight excluding hydrogens is 344 g/mol. The van der Waals surface area contributed by atoms with Gasteiger partial charge in [-0.05, 0) is 43.4 Å². The number of piperidine rings is 1. The molecule has 4 rings (SSSR count). The number of carbonyl (C=O) groups is 2. The van der Waals surface area contributed by atoms with Gasteiger partial charge in [0.25, 0.3) is 0 Å². The number of hydrogen-bond acceptors (Lipinski definition) is 4. The molecule has 3 fully saturated rings. The number of amides is 2. The summed E-state index contributed by atoms with van der Waals surface area (Å²) < 4.78 is 11.1. The van der Waals surface area contributed by atoms with Gasteiger partial charge in [0.1, 0.15) is 11.5 Å². The van der Waals surface area contributed by atoms with Gasteiger partial charge in [0.05, 0.1) is 13.2 Å². The monoisotopic (exact) mass is 372 g/mol. The Balaban J connectivity index is 1.25. The third-order valence-electron chi connectivity index (χ3n) is 5.99. The molecule has 2 aliphatic heterocycles. The average Bonchev–Trinajstić information content (AvgIpc) is 3.26. The lowest BCUT2D eigenvalue weighted by Gasteiger charge is -2.35. The molecular formula is C21H28N2O4. The summed E-state index contributed by atoms with van der Waals surface area (Å²) in [6.45, 7) is 6.11. The van der Waals surface area contributed by atoms with E-state index in [0.29, 0.717) is 51.2 Å². The molecule has 2 saturated heterocycles. The van der Waals surface area contributed by atoms with E-state index < -0.39 is 0 Å². The smallest absolute Gasteiger partial charge is 0.246 e. The van der Waals surface area contributed by atoms with Crippen molar-refractivity contribution in [3.63, 3.8) is 0 Å². The Morgan fingerprint density at radius 3 is 2.44 bits per heavy atom. The standard InChI is InChI=1S/C21H28N2O4/c1-15-14-18(15)19-4-2-17(27-19)3-5-20(24)22-8-6-16(7-9-22)21(25)23-10-12-26-13-11-23/h2-5,15-16,18H,6-14H2,1H3/b5-3+. The molecule has 1 saturated carbocycles. The lowest BCUT2D eigenvalue weighted by molar-refractivity contribution is -0.142. The van der Waals surface area contributed by atoms with Crippen LogP contribution in [0.2, 0.25) is 0 Å². The summed E-state index contributed by atoms with van der Waals surface area (Å²) in [7, 11) is 0. The van der Waals surface area contributed by atoms with E-state index in [4.69, 9.17) is 9.15 Å². The van der Waals surface area contributed by atoms with E-state index >= 15 is 0 Å². The van der Waals surface area contributed by atoms with E-state index in [2.05, 4.69) is 6.92 Å². The number of furan rings is 1. The fourth-order valence-electron chi connectivity index (χ4n) is 4.02. The number of nitrogens with zero attached hydrogens (tertiary/aromatic N) is 2. The molecule has 2 unspecified atom stereocenters. The van der Waals surface area contributed by atoms with Gasteiger partial charge in [0, 0.05) is 44.1 Å². The number of ether oxygens (including phenoxy) is 1. The molecule has 0 spiro atoms. The second kappa shape index (κ2) is 7.89. The van der Waals surface area contributed by atoms with E-state index in [1.807, 2.05) is 21.9 Å². The van der Waals surface area contributed by atoms with Crippen LogP contribution in [-0.2, 0) is 14.3 Å². The molecule has 2 amide bonds. The molecule has 0 radical (unpaired) electrons. The molecule has 3 aliphatic rings. The zero-order valence-corrected chi connectivity index (χ0v) is 15.9. The normalized spacial score (nSPS) is 26.6. The molecule has 1 aromatic heterocycles. The first-order chi connectivity index (χ1) is 13.1. The van der Waals surface area contributed by atoms with E-state index in [1.54, 1.807) is 12.2 Å². The fraction of sp³-hybridized carbons (Fsp3) is 0.619. The second-order valence-electron chi connectivity index (χ2n) is 7.93. The van der Waals surface area contributed by atoms with Crippen molar-refractivity contribution in [3.05, 3.63) is 29.7 Å². The third kappa shape index (κ3) is 4.26. The van der Waals surface area contributed by atoms with Gasteiger partial charge >= 0.3 is 0 Å². The van der Waals surface area contributed by atoms with Crippen molar-refractivity contribution in [2.24, 2.45) is 11.8 Å². The maximum Gasteiger partial charge on any atom is 0.246 e. The summed E-state index contributed by atoms with van der Waals surface area (Å²) in [6.07, 6.45) is 6.00. The van der Waals surface area contributed by atoms with Gasteiger partial charge in [-0.15, -0.1) is 0 Å². The first-order valence-corrected chi connectivity index (χ1v) is 10.0. The zero-order valence-electron chi connectivity index (χ0n) is 15.9. The van der Waals surface area contributed by atoms with Gasteiger partial charge in [-0.3, -0.25) is 9.59 Å². The molecule has 6 nitrogen and oxygen atoms in total.